The van der Waals surface area contributed by atoms with Crippen LogP contribution in [0.25, 0.3) is 0 Å². The predicted octanol–water partition coefficient (Wildman–Crippen LogP) is 8.64. The number of nitrogens with zero attached hydrogens (tertiary/aromatic N) is 2. The van der Waals surface area contributed by atoms with E-state index in [0.717, 1.165) is 36.3 Å². The molecule has 2 aromatic carbocycles. The molecule has 1 aliphatic carbocycles. The average molecular weight is 641 g/mol. The van der Waals surface area contributed by atoms with Gasteiger partial charge in [0.05, 0.1) is 23.7 Å². The van der Waals surface area contributed by atoms with Crippen LogP contribution in [-0.4, -0.2) is 35.8 Å². The van der Waals surface area contributed by atoms with Gasteiger partial charge in [-0.2, -0.15) is 26.3 Å². The Kier molecular flexibility index (Phi) is 9.36. The molecule has 44 heavy (non-hydrogen) atoms. The number of benzene rings is 2. The number of hydrogen-bond acceptors (Lipinski definition) is 4. The van der Waals surface area contributed by atoms with Crippen LogP contribution in [0.15, 0.2) is 36.4 Å². The molecule has 2 fully saturated rings. The van der Waals surface area contributed by atoms with Crippen molar-refractivity contribution in [2.75, 3.05) is 11.4 Å². The molecule has 0 spiro atoms. The van der Waals surface area contributed by atoms with E-state index >= 15 is 0 Å². The summed E-state index contributed by atoms with van der Waals surface area (Å²) in [5.74, 6) is -1.22. The fourth-order valence-electron chi connectivity index (χ4n) is 5.65. The Bertz CT molecular complexity index is 1340. The smallest absolute Gasteiger partial charge is 0.439 e. The first-order valence-corrected chi connectivity index (χ1v) is 13.9. The van der Waals surface area contributed by atoms with Gasteiger partial charge < -0.3 is 14.4 Å². The second-order valence-corrected chi connectivity index (χ2v) is 10.8. The van der Waals surface area contributed by atoms with Gasteiger partial charge in [-0.3, -0.25) is 9.69 Å². The highest BCUT2D eigenvalue weighted by molar-refractivity contribution is 5.96. The van der Waals surface area contributed by atoms with E-state index in [2.05, 4.69) is 4.74 Å². The van der Waals surface area contributed by atoms with E-state index in [0.29, 0.717) is 25.0 Å². The number of rotatable bonds is 7. The Balaban J connectivity index is 1.71. The molecule has 2 aromatic rings. The number of hydrogen-bond donors (Lipinski definition) is 0. The number of cyclic esters (lactones) is 1. The van der Waals surface area contributed by atoms with E-state index in [4.69, 9.17) is 4.74 Å². The van der Waals surface area contributed by atoms with E-state index in [1.54, 1.807) is 6.92 Å². The van der Waals surface area contributed by atoms with Crippen molar-refractivity contribution in [3.8, 4) is 5.75 Å². The van der Waals surface area contributed by atoms with Gasteiger partial charge in [-0.05, 0) is 74.2 Å². The molecular formula is C29H29F9N2O4. The van der Waals surface area contributed by atoms with Gasteiger partial charge in [-0.25, -0.2) is 4.79 Å². The van der Waals surface area contributed by atoms with Gasteiger partial charge in [0, 0.05) is 18.2 Å². The summed E-state index contributed by atoms with van der Waals surface area (Å²) in [6.07, 6.45) is -14.1. The number of carbonyl (C=O) groups excluding carboxylic acids is 2. The first kappa shape index (κ1) is 33.2. The lowest BCUT2D eigenvalue weighted by Gasteiger charge is -2.31. The highest BCUT2D eigenvalue weighted by atomic mass is 19.4. The molecule has 2 atom stereocenters. The molecule has 0 radical (unpaired) electrons. The van der Waals surface area contributed by atoms with Crippen molar-refractivity contribution >= 4 is 17.7 Å². The molecule has 2 amide bonds. The number of ether oxygens (including phenoxy) is 2. The molecule has 242 valence electrons. The zero-order valence-corrected chi connectivity index (χ0v) is 23.6. The van der Waals surface area contributed by atoms with Crippen LogP contribution >= 0.6 is 0 Å². The highest BCUT2D eigenvalue weighted by Gasteiger charge is 2.44. The van der Waals surface area contributed by atoms with Gasteiger partial charge >= 0.3 is 24.8 Å². The van der Waals surface area contributed by atoms with Crippen LogP contribution in [0.1, 0.15) is 74.3 Å². The molecule has 1 saturated heterocycles. The first-order chi connectivity index (χ1) is 20.4. The van der Waals surface area contributed by atoms with Crippen LogP contribution in [0.2, 0.25) is 0 Å². The second kappa shape index (κ2) is 12.4. The SMILES string of the molecule is CCN(C(=O)C1CCCCC1)c1ccc(OC(F)(F)F)cc1CN1C(=O)OC(c2cc(C(F)(F)F)cc(C(F)(F)F)c2)[C@@H]1C. The van der Waals surface area contributed by atoms with Crippen LogP contribution in [-0.2, 0) is 28.4 Å². The highest BCUT2D eigenvalue weighted by Crippen LogP contribution is 2.42. The Morgan fingerprint density at radius 3 is 2.05 bits per heavy atom. The van der Waals surface area contributed by atoms with Crippen molar-refractivity contribution in [2.24, 2.45) is 5.92 Å². The van der Waals surface area contributed by atoms with Crippen LogP contribution in [0.4, 0.5) is 50.0 Å². The molecule has 1 saturated carbocycles. The molecule has 0 aromatic heterocycles. The lowest BCUT2D eigenvalue weighted by molar-refractivity contribution is -0.274. The Morgan fingerprint density at radius 1 is 0.932 bits per heavy atom. The predicted molar refractivity (Wildman–Crippen MR) is 138 cm³/mol. The normalized spacial score (nSPS) is 20.1. The molecule has 0 bridgehead atoms. The van der Waals surface area contributed by atoms with Gasteiger partial charge in [0.2, 0.25) is 5.91 Å². The molecule has 15 heteroatoms. The Hall–Kier alpha value is -3.65. The number of anilines is 1. The topological polar surface area (TPSA) is 59.1 Å². The molecule has 6 nitrogen and oxygen atoms in total. The summed E-state index contributed by atoms with van der Waals surface area (Å²) < 4.78 is 129. The third kappa shape index (κ3) is 7.52. The molecular weight excluding hydrogens is 611 g/mol. The molecule has 1 unspecified atom stereocenters. The summed E-state index contributed by atoms with van der Waals surface area (Å²) in [4.78, 5) is 28.7. The Labute approximate surface area is 246 Å². The van der Waals surface area contributed by atoms with Crippen molar-refractivity contribution in [2.45, 2.75) is 83.4 Å². The third-order valence-corrected chi connectivity index (χ3v) is 7.78. The van der Waals surface area contributed by atoms with Crippen LogP contribution in [0, 0.1) is 5.92 Å². The molecule has 0 N–H and O–H groups in total. The summed E-state index contributed by atoms with van der Waals surface area (Å²) in [6, 6.07) is 2.95. The standard InChI is InChI=1S/C29H29F9N2O4/c1-3-39(25(41)17-7-5-4-6-8-17)23-10-9-22(44-29(36,37)38)13-19(23)15-40-16(2)24(43-26(40)42)18-11-20(27(30,31)32)14-21(12-18)28(33,34)35/h9-14,16-17,24H,3-8,15H2,1-2H3/t16-,24?/m0/s1. The monoisotopic (exact) mass is 640 g/mol. The van der Waals surface area contributed by atoms with E-state index < -0.39 is 65.9 Å². The van der Waals surface area contributed by atoms with Gasteiger partial charge in [0.25, 0.3) is 0 Å². The third-order valence-electron chi connectivity index (χ3n) is 7.78. The lowest BCUT2D eigenvalue weighted by Crippen LogP contribution is -2.38. The summed E-state index contributed by atoms with van der Waals surface area (Å²) >= 11 is 0. The summed E-state index contributed by atoms with van der Waals surface area (Å²) in [5.41, 5.74) is -3.54. The summed E-state index contributed by atoms with van der Waals surface area (Å²) in [7, 11) is 0. The van der Waals surface area contributed by atoms with Gasteiger partial charge in [0.15, 0.2) is 0 Å². The average Bonchev–Trinajstić information content (AvgIpc) is 3.21. The van der Waals surface area contributed by atoms with E-state index in [1.807, 2.05) is 0 Å². The quantitative estimate of drug-likeness (QED) is 0.285. The minimum atomic E-state index is -5.14. The van der Waals surface area contributed by atoms with Gasteiger partial charge in [-0.15, -0.1) is 13.2 Å². The van der Waals surface area contributed by atoms with Gasteiger partial charge in [-0.1, -0.05) is 19.3 Å². The Morgan fingerprint density at radius 2 is 1.52 bits per heavy atom. The zero-order valence-electron chi connectivity index (χ0n) is 23.6. The van der Waals surface area contributed by atoms with Crippen molar-refractivity contribution in [3.05, 3.63) is 58.7 Å². The minimum Gasteiger partial charge on any atom is -0.439 e. The molecule has 1 heterocycles. The maximum absolute atomic E-state index is 13.5. The second-order valence-electron chi connectivity index (χ2n) is 10.8. The fourth-order valence-corrected chi connectivity index (χ4v) is 5.65. The summed E-state index contributed by atoms with van der Waals surface area (Å²) in [6.45, 7) is 2.64. The molecule has 4 rings (SSSR count). The number of halogens is 9. The zero-order chi connectivity index (χ0) is 32.6. The van der Waals surface area contributed by atoms with Crippen molar-refractivity contribution < 1.29 is 58.6 Å². The van der Waals surface area contributed by atoms with E-state index in [1.165, 1.54) is 17.9 Å². The van der Waals surface area contributed by atoms with Crippen molar-refractivity contribution in [1.29, 1.82) is 0 Å². The minimum absolute atomic E-state index is 0.0298. The summed E-state index contributed by atoms with van der Waals surface area (Å²) in [5, 5.41) is 0. The first-order valence-electron chi connectivity index (χ1n) is 13.9. The van der Waals surface area contributed by atoms with Gasteiger partial charge in [0.1, 0.15) is 11.9 Å². The molecule has 2 aliphatic rings. The van der Waals surface area contributed by atoms with Crippen LogP contribution < -0.4 is 9.64 Å². The van der Waals surface area contributed by atoms with Crippen LogP contribution in [0.5, 0.6) is 5.75 Å². The maximum atomic E-state index is 13.5. The van der Waals surface area contributed by atoms with Crippen molar-refractivity contribution in [3.63, 3.8) is 0 Å². The largest absolute Gasteiger partial charge is 0.573 e. The van der Waals surface area contributed by atoms with Crippen LogP contribution in [0.3, 0.4) is 0 Å². The number of amides is 2. The van der Waals surface area contributed by atoms with Crippen molar-refractivity contribution in [1.82, 2.24) is 4.90 Å². The lowest BCUT2D eigenvalue weighted by atomic mass is 9.88. The number of alkyl halides is 9. The molecule has 1 aliphatic heterocycles. The fraction of sp³-hybridized carbons (Fsp3) is 0.517. The maximum Gasteiger partial charge on any atom is 0.573 e. The van der Waals surface area contributed by atoms with E-state index in [9.17, 15) is 49.1 Å². The number of carbonyl (C=O) groups is 2. The van der Waals surface area contributed by atoms with E-state index in [-0.39, 0.29) is 35.7 Å².